The minimum Gasteiger partial charge on any atom is -0.379 e. The second-order valence-electron chi connectivity index (χ2n) is 15.7. The summed E-state index contributed by atoms with van der Waals surface area (Å²) in [4.78, 5) is 31.1. The Bertz CT molecular complexity index is 1990. The molecule has 2 amide bonds. The molecule has 2 fully saturated rings. The highest BCUT2D eigenvalue weighted by molar-refractivity contribution is 7.90. The lowest BCUT2D eigenvalue weighted by Gasteiger charge is -2.20. The third kappa shape index (κ3) is 9.23. The van der Waals surface area contributed by atoms with Crippen molar-refractivity contribution < 1.29 is 35.9 Å². The third-order valence-electron chi connectivity index (χ3n) is 12.4. The number of hydrogen-bond acceptors (Lipinski definition) is 11. The van der Waals surface area contributed by atoms with Crippen LogP contribution in [0.15, 0.2) is 17.1 Å². The Morgan fingerprint density at radius 1 is 0.732 bits per heavy atom. The van der Waals surface area contributed by atoms with Crippen molar-refractivity contribution in [1.82, 2.24) is 14.5 Å². The molecule has 4 atom stereocenters. The average Bonchev–Trinajstić information content (AvgIpc) is 4.01. The quantitative estimate of drug-likeness (QED) is 0.250. The minimum atomic E-state index is -3.84. The van der Waals surface area contributed by atoms with E-state index in [9.17, 15) is 26.4 Å². The molecule has 56 heavy (non-hydrogen) atoms. The van der Waals surface area contributed by atoms with Crippen molar-refractivity contribution in [2.75, 3.05) is 58.8 Å². The van der Waals surface area contributed by atoms with Gasteiger partial charge in [-0.15, -0.1) is 0 Å². The maximum absolute atomic E-state index is 12.9. The van der Waals surface area contributed by atoms with E-state index in [0.717, 1.165) is 88.7 Å². The molecule has 6 aliphatic rings. The van der Waals surface area contributed by atoms with Crippen LogP contribution in [0.5, 0.6) is 0 Å². The Labute approximate surface area is 332 Å². The SMILES string of the molecule is CCN1CC(OC)C(S(=O)(=O)NC(=O)Nc2c3c(cc4c2CCC4)CCC3)C1.CCN1CC(OC)C(S(N)(=O)=O)C1.O=C=Nc1c2c(cc3c1CCC3)CCC2. The van der Waals surface area contributed by atoms with Gasteiger partial charge in [-0.2, -0.15) is 4.99 Å². The molecule has 4 unspecified atom stereocenters. The van der Waals surface area contributed by atoms with Gasteiger partial charge in [0.05, 0.1) is 17.9 Å². The zero-order valence-electron chi connectivity index (χ0n) is 33.2. The third-order valence-corrected chi connectivity index (χ3v) is 15.5. The first-order valence-electron chi connectivity index (χ1n) is 20.1. The van der Waals surface area contributed by atoms with Gasteiger partial charge in [-0.25, -0.2) is 36.3 Å². The molecule has 2 aliphatic heterocycles. The Hall–Kier alpha value is -3.21. The van der Waals surface area contributed by atoms with Gasteiger partial charge in [0.15, 0.2) is 0 Å². The summed E-state index contributed by atoms with van der Waals surface area (Å²) in [5.74, 6) is 0. The number of carbonyl (C=O) groups excluding carboxylic acids is 2. The highest BCUT2D eigenvalue weighted by Crippen LogP contribution is 2.40. The van der Waals surface area contributed by atoms with Crippen LogP contribution in [-0.2, 0) is 85.7 Å². The minimum absolute atomic E-state index is 0.282. The fraction of sp³-hybridized carbons (Fsp3) is 0.650. The highest BCUT2D eigenvalue weighted by atomic mass is 32.2. The summed E-state index contributed by atoms with van der Waals surface area (Å²) >= 11 is 0. The lowest BCUT2D eigenvalue weighted by molar-refractivity contribution is 0.110. The van der Waals surface area contributed by atoms with Crippen molar-refractivity contribution in [3.8, 4) is 0 Å². The van der Waals surface area contributed by atoms with E-state index < -0.39 is 42.7 Å². The molecule has 2 heterocycles. The number of nitrogens with zero attached hydrogens (tertiary/aromatic N) is 3. The van der Waals surface area contributed by atoms with E-state index in [1.165, 1.54) is 71.6 Å². The van der Waals surface area contributed by atoms with Crippen molar-refractivity contribution >= 4 is 43.5 Å². The van der Waals surface area contributed by atoms with Gasteiger partial charge in [0, 0.05) is 46.1 Å². The number of nitrogens with one attached hydrogen (secondary N) is 2. The molecule has 0 bridgehead atoms. The fourth-order valence-electron chi connectivity index (χ4n) is 9.50. The monoisotopic (exact) mass is 814 g/mol. The molecular formula is C40H58N6O8S2. The number of fused-ring (bicyclic) bond motifs is 4. The first-order valence-corrected chi connectivity index (χ1v) is 23.2. The van der Waals surface area contributed by atoms with E-state index in [1.807, 2.05) is 23.6 Å². The molecular weight excluding hydrogens is 757 g/mol. The molecule has 0 saturated carbocycles. The number of isocyanates is 1. The number of anilines is 1. The zero-order valence-corrected chi connectivity index (χ0v) is 34.8. The summed E-state index contributed by atoms with van der Waals surface area (Å²) in [6.07, 6.45) is 14.0. The van der Waals surface area contributed by atoms with Crippen molar-refractivity contribution in [3.63, 3.8) is 0 Å². The number of amides is 2. The number of methoxy groups -OCH3 is 2. The largest absolute Gasteiger partial charge is 0.379 e. The molecule has 2 aromatic rings. The van der Waals surface area contributed by atoms with E-state index in [0.29, 0.717) is 26.2 Å². The number of hydrogen-bond donors (Lipinski definition) is 3. The molecule has 4 N–H and O–H groups in total. The average molecular weight is 815 g/mol. The Kier molecular flexibility index (Phi) is 13.7. The maximum Gasteiger partial charge on any atom is 0.332 e. The lowest BCUT2D eigenvalue weighted by Crippen LogP contribution is -2.46. The summed E-state index contributed by atoms with van der Waals surface area (Å²) in [5, 5.41) is 6.66. The number of benzene rings is 2. The summed E-state index contributed by atoms with van der Waals surface area (Å²) in [7, 11) is -4.28. The number of likely N-dealkylation sites (N-methyl/N-ethyl adjacent to an activating group) is 2. The number of likely N-dealkylation sites (tertiary alicyclic amines) is 2. The molecule has 0 radical (unpaired) electrons. The number of carbonyl (C=O) groups is 1. The smallest absolute Gasteiger partial charge is 0.332 e. The number of aryl methyl sites for hydroxylation is 4. The predicted molar refractivity (Wildman–Crippen MR) is 216 cm³/mol. The standard InChI is InChI=1S/C20H29N3O4S.C13H13NO.C7H16N2O3S/c1-3-23-11-17(27-2)18(12-23)28(25,26)22-20(24)21-19-15-8-4-6-13(15)10-14-7-5-9-16(14)19;15-8-14-13-11-5-1-3-9(11)7-10-4-2-6-12(10)13;1-3-9-4-6(12-2)7(5-9)13(8,10)11/h10,17-18H,3-9,11-12H2,1-2H3,(H2,21,22,24);7H,1-6H2;6-7H,3-5H2,1-2H3,(H2,8,10,11). The van der Waals surface area contributed by atoms with Crippen LogP contribution in [0.2, 0.25) is 0 Å². The number of primary sulfonamides is 1. The van der Waals surface area contributed by atoms with Crippen molar-refractivity contribution in [1.29, 1.82) is 0 Å². The van der Waals surface area contributed by atoms with Crippen molar-refractivity contribution in [2.45, 2.75) is 114 Å². The van der Waals surface area contributed by atoms with Gasteiger partial charge >= 0.3 is 6.03 Å². The van der Waals surface area contributed by atoms with Crippen LogP contribution in [0.25, 0.3) is 0 Å². The van der Waals surface area contributed by atoms with Gasteiger partial charge in [-0.1, -0.05) is 26.0 Å². The molecule has 2 aromatic carbocycles. The Morgan fingerprint density at radius 3 is 1.57 bits per heavy atom. The van der Waals surface area contributed by atoms with Crippen LogP contribution in [0.4, 0.5) is 16.2 Å². The van der Waals surface area contributed by atoms with Crippen LogP contribution in [0.1, 0.15) is 84.0 Å². The number of nitrogens with two attached hydrogens (primary N) is 1. The molecule has 4 aliphatic carbocycles. The van der Waals surface area contributed by atoms with Crippen LogP contribution in [0.3, 0.4) is 0 Å². The van der Waals surface area contributed by atoms with Gasteiger partial charge in [-0.3, -0.25) is 9.80 Å². The highest BCUT2D eigenvalue weighted by Gasteiger charge is 2.42. The molecule has 8 rings (SSSR count). The summed E-state index contributed by atoms with van der Waals surface area (Å²) < 4.78 is 60.7. The first-order chi connectivity index (χ1) is 26.8. The molecule has 16 heteroatoms. The van der Waals surface area contributed by atoms with Crippen LogP contribution in [-0.4, -0.2) is 115 Å². The number of sulfonamides is 2. The fourth-order valence-corrected chi connectivity index (χ4v) is 12.0. The van der Waals surface area contributed by atoms with Crippen LogP contribution < -0.4 is 15.2 Å². The summed E-state index contributed by atoms with van der Waals surface area (Å²) in [6, 6.07) is 3.96. The Morgan fingerprint density at radius 2 is 1.16 bits per heavy atom. The zero-order chi connectivity index (χ0) is 40.2. The van der Waals surface area contributed by atoms with Gasteiger partial charge < -0.3 is 14.8 Å². The summed E-state index contributed by atoms with van der Waals surface area (Å²) in [6.45, 7) is 7.60. The first kappa shape index (κ1) is 42.4. The van der Waals surface area contributed by atoms with E-state index in [1.54, 1.807) is 6.08 Å². The van der Waals surface area contributed by atoms with Crippen molar-refractivity contribution in [3.05, 3.63) is 56.6 Å². The van der Waals surface area contributed by atoms with Gasteiger partial charge in [-0.05, 0) is 135 Å². The predicted octanol–water partition coefficient (Wildman–Crippen LogP) is 3.46. The number of ether oxygens (including phenoxy) is 2. The van der Waals surface area contributed by atoms with Gasteiger partial charge in [0.25, 0.3) is 0 Å². The van der Waals surface area contributed by atoms with Gasteiger partial charge in [0.1, 0.15) is 10.5 Å². The van der Waals surface area contributed by atoms with Gasteiger partial charge in [0.2, 0.25) is 26.1 Å². The normalized spacial score (nSPS) is 23.9. The maximum atomic E-state index is 12.9. The number of aliphatic imine (C=N–C) groups is 1. The lowest BCUT2D eigenvalue weighted by atomic mass is 9.99. The molecule has 2 saturated heterocycles. The van der Waals surface area contributed by atoms with Crippen LogP contribution >= 0.6 is 0 Å². The second-order valence-corrected chi connectivity index (χ2v) is 19.3. The van der Waals surface area contributed by atoms with Crippen molar-refractivity contribution in [2.24, 2.45) is 10.1 Å². The Balaban J connectivity index is 0.000000159. The van der Waals surface area contributed by atoms with E-state index in [2.05, 4.69) is 27.2 Å². The molecule has 14 nitrogen and oxygen atoms in total. The number of rotatable bonds is 9. The van der Waals surface area contributed by atoms with E-state index in [4.69, 9.17) is 14.6 Å². The second kappa shape index (κ2) is 18.2. The number of urea groups is 1. The van der Waals surface area contributed by atoms with Crippen LogP contribution in [0, 0.1) is 0 Å². The molecule has 308 valence electrons. The molecule has 0 spiro atoms. The molecule has 0 aromatic heterocycles. The topological polar surface area (TPSA) is 190 Å². The van der Waals surface area contributed by atoms with E-state index >= 15 is 0 Å². The van der Waals surface area contributed by atoms with E-state index in [-0.39, 0.29) is 6.10 Å². The summed E-state index contributed by atoms with van der Waals surface area (Å²) in [5.41, 5.74) is 12.3.